The average molecular weight is 308 g/mol. The molecule has 1 aromatic carbocycles. The van der Waals surface area contributed by atoms with Gasteiger partial charge in [0.1, 0.15) is 11.6 Å². The van der Waals surface area contributed by atoms with Crippen LogP contribution in [-0.2, 0) is 4.74 Å². The molecule has 2 aromatic rings. The van der Waals surface area contributed by atoms with E-state index in [2.05, 4.69) is 15.0 Å². The first kappa shape index (κ1) is 14.9. The highest BCUT2D eigenvalue weighted by molar-refractivity contribution is 6.32. The SMILES string of the molecule is COC(=O)c1cc(Nc2ccc(OC)c(Cl)c2)ncc1N. The Hall–Kier alpha value is -2.47. The number of ether oxygens (including phenoxy) is 2. The molecular weight excluding hydrogens is 294 g/mol. The quantitative estimate of drug-likeness (QED) is 0.845. The standard InChI is InChI=1S/C14H14ClN3O3/c1-20-12-4-3-8(5-10(12)15)18-13-6-9(14(19)21-2)11(16)7-17-13/h3-7H,16H2,1-2H3,(H,17,18). The third-order valence-electron chi connectivity index (χ3n) is 2.76. The molecule has 0 aliphatic heterocycles. The number of nitrogen functional groups attached to an aromatic ring is 1. The second kappa shape index (κ2) is 6.32. The molecule has 1 heterocycles. The Morgan fingerprint density at radius 3 is 2.71 bits per heavy atom. The van der Waals surface area contributed by atoms with Crippen LogP contribution in [0.3, 0.4) is 0 Å². The van der Waals surface area contributed by atoms with Crippen molar-refractivity contribution in [3.8, 4) is 5.75 Å². The van der Waals surface area contributed by atoms with Gasteiger partial charge >= 0.3 is 5.97 Å². The van der Waals surface area contributed by atoms with Crippen LogP contribution >= 0.6 is 11.6 Å². The van der Waals surface area contributed by atoms with Gasteiger partial charge in [-0.15, -0.1) is 0 Å². The summed E-state index contributed by atoms with van der Waals surface area (Å²) in [6, 6.07) is 6.71. The number of pyridine rings is 1. The largest absolute Gasteiger partial charge is 0.495 e. The molecule has 6 nitrogen and oxygen atoms in total. The molecule has 0 unspecified atom stereocenters. The Morgan fingerprint density at radius 2 is 2.10 bits per heavy atom. The van der Waals surface area contributed by atoms with E-state index in [1.54, 1.807) is 25.3 Å². The van der Waals surface area contributed by atoms with E-state index in [1.807, 2.05) is 0 Å². The number of carbonyl (C=O) groups excluding carboxylic acids is 1. The summed E-state index contributed by atoms with van der Waals surface area (Å²) in [5, 5.41) is 3.49. The van der Waals surface area contributed by atoms with Crippen molar-refractivity contribution in [2.45, 2.75) is 0 Å². The first-order chi connectivity index (χ1) is 10.0. The maximum Gasteiger partial charge on any atom is 0.340 e. The molecule has 0 amide bonds. The van der Waals surface area contributed by atoms with Crippen LogP contribution in [0.5, 0.6) is 5.75 Å². The van der Waals surface area contributed by atoms with Gasteiger partial charge in [-0.3, -0.25) is 0 Å². The monoisotopic (exact) mass is 307 g/mol. The lowest BCUT2D eigenvalue weighted by molar-refractivity contribution is 0.0602. The lowest BCUT2D eigenvalue weighted by Gasteiger charge is -2.10. The fourth-order valence-corrected chi connectivity index (χ4v) is 1.97. The molecule has 3 N–H and O–H groups in total. The zero-order valence-corrected chi connectivity index (χ0v) is 12.3. The maximum absolute atomic E-state index is 11.6. The van der Waals surface area contributed by atoms with Crippen LogP contribution in [0.25, 0.3) is 0 Å². The van der Waals surface area contributed by atoms with Crippen LogP contribution in [-0.4, -0.2) is 25.2 Å². The highest BCUT2D eigenvalue weighted by atomic mass is 35.5. The number of nitrogens with zero attached hydrogens (tertiary/aromatic N) is 1. The summed E-state index contributed by atoms with van der Waals surface area (Å²) in [6.07, 6.45) is 1.39. The van der Waals surface area contributed by atoms with E-state index in [4.69, 9.17) is 22.1 Å². The summed E-state index contributed by atoms with van der Waals surface area (Å²) < 4.78 is 9.74. The Labute approximate surface area is 126 Å². The number of hydrogen-bond donors (Lipinski definition) is 2. The number of carbonyl (C=O) groups is 1. The highest BCUT2D eigenvalue weighted by Crippen LogP contribution is 2.29. The Bertz CT molecular complexity index is 677. The first-order valence-electron chi connectivity index (χ1n) is 5.99. The van der Waals surface area contributed by atoms with Gasteiger partial charge < -0.3 is 20.5 Å². The molecule has 0 bridgehead atoms. The third-order valence-corrected chi connectivity index (χ3v) is 3.06. The van der Waals surface area contributed by atoms with Crippen molar-refractivity contribution >= 4 is 34.8 Å². The van der Waals surface area contributed by atoms with Crippen LogP contribution in [0.1, 0.15) is 10.4 Å². The number of rotatable bonds is 4. The third kappa shape index (κ3) is 3.35. The van der Waals surface area contributed by atoms with Gasteiger partial charge in [0.25, 0.3) is 0 Å². The molecule has 21 heavy (non-hydrogen) atoms. The molecule has 0 saturated carbocycles. The van der Waals surface area contributed by atoms with Crippen molar-refractivity contribution in [1.29, 1.82) is 0 Å². The van der Waals surface area contributed by atoms with Gasteiger partial charge in [-0.25, -0.2) is 9.78 Å². The molecule has 2 rings (SSSR count). The summed E-state index contributed by atoms with van der Waals surface area (Å²) in [4.78, 5) is 15.7. The van der Waals surface area contributed by atoms with E-state index < -0.39 is 5.97 Å². The summed E-state index contributed by atoms with van der Waals surface area (Å²) in [5.41, 5.74) is 6.89. The van der Waals surface area contributed by atoms with Gasteiger partial charge in [0.2, 0.25) is 0 Å². The van der Waals surface area contributed by atoms with Gasteiger partial charge in [-0.05, 0) is 24.3 Å². The van der Waals surface area contributed by atoms with Crippen molar-refractivity contribution in [1.82, 2.24) is 4.98 Å². The number of methoxy groups -OCH3 is 2. The van der Waals surface area contributed by atoms with Gasteiger partial charge in [-0.2, -0.15) is 0 Å². The molecular formula is C14H14ClN3O3. The number of esters is 1. The molecule has 0 aliphatic carbocycles. The number of hydrogen-bond acceptors (Lipinski definition) is 6. The number of anilines is 3. The van der Waals surface area contributed by atoms with Crippen LogP contribution in [0.4, 0.5) is 17.2 Å². The Morgan fingerprint density at radius 1 is 1.33 bits per heavy atom. The molecule has 1 aromatic heterocycles. The minimum absolute atomic E-state index is 0.245. The fraction of sp³-hybridized carbons (Fsp3) is 0.143. The number of aromatic nitrogens is 1. The molecule has 0 aliphatic rings. The van der Waals surface area contributed by atoms with Crippen molar-refractivity contribution < 1.29 is 14.3 Å². The van der Waals surface area contributed by atoms with E-state index in [0.29, 0.717) is 22.3 Å². The van der Waals surface area contributed by atoms with E-state index in [-0.39, 0.29) is 11.3 Å². The zero-order chi connectivity index (χ0) is 15.4. The topological polar surface area (TPSA) is 86.5 Å². The molecule has 0 fully saturated rings. The van der Waals surface area contributed by atoms with Crippen LogP contribution in [0, 0.1) is 0 Å². The normalized spacial score (nSPS) is 10.0. The summed E-state index contributed by atoms with van der Waals surface area (Å²) in [6.45, 7) is 0. The van der Waals surface area contributed by atoms with E-state index in [0.717, 1.165) is 0 Å². The summed E-state index contributed by atoms with van der Waals surface area (Å²) in [5.74, 6) is 0.499. The minimum Gasteiger partial charge on any atom is -0.495 e. The number of nitrogens with two attached hydrogens (primary N) is 1. The number of nitrogens with one attached hydrogen (secondary N) is 1. The minimum atomic E-state index is -0.522. The van der Waals surface area contributed by atoms with Crippen LogP contribution < -0.4 is 15.8 Å². The van der Waals surface area contributed by atoms with Gasteiger partial charge in [0.15, 0.2) is 0 Å². The molecule has 0 saturated heterocycles. The highest BCUT2D eigenvalue weighted by Gasteiger charge is 2.12. The second-order valence-electron chi connectivity index (χ2n) is 4.12. The van der Waals surface area contributed by atoms with Gasteiger partial charge in [0, 0.05) is 5.69 Å². The zero-order valence-electron chi connectivity index (χ0n) is 11.5. The molecule has 0 radical (unpaired) electrons. The predicted molar refractivity (Wildman–Crippen MR) is 81.3 cm³/mol. The van der Waals surface area contributed by atoms with E-state index >= 15 is 0 Å². The lowest BCUT2D eigenvalue weighted by atomic mass is 10.2. The van der Waals surface area contributed by atoms with Crippen LogP contribution in [0.15, 0.2) is 30.5 Å². The van der Waals surface area contributed by atoms with Gasteiger partial charge in [-0.1, -0.05) is 11.6 Å². The Kier molecular flexibility index (Phi) is 4.49. The summed E-state index contributed by atoms with van der Waals surface area (Å²) in [7, 11) is 2.83. The lowest BCUT2D eigenvalue weighted by Crippen LogP contribution is -2.07. The predicted octanol–water partition coefficient (Wildman–Crippen LogP) is 2.86. The van der Waals surface area contributed by atoms with Crippen LogP contribution in [0.2, 0.25) is 5.02 Å². The molecule has 110 valence electrons. The van der Waals surface area contributed by atoms with Crippen molar-refractivity contribution in [3.05, 3.63) is 41.0 Å². The number of benzene rings is 1. The Balaban J connectivity index is 2.27. The van der Waals surface area contributed by atoms with Gasteiger partial charge in [0.05, 0.1) is 36.7 Å². The van der Waals surface area contributed by atoms with Crippen molar-refractivity contribution in [2.24, 2.45) is 0 Å². The molecule has 0 atom stereocenters. The van der Waals surface area contributed by atoms with E-state index in [1.165, 1.54) is 19.4 Å². The van der Waals surface area contributed by atoms with E-state index in [9.17, 15) is 4.79 Å². The molecule has 7 heteroatoms. The fourth-order valence-electron chi connectivity index (χ4n) is 1.71. The van der Waals surface area contributed by atoms with Crippen molar-refractivity contribution in [3.63, 3.8) is 0 Å². The first-order valence-corrected chi connectivity index (χ1v) is 6.37. The maximum atomic E-state index is 11.6. The second-order valence-corrected chi connectivity index (χ2v) is 4.53. The average Bonchev–Trinajstić information content (AvgIpc) is 2.48. The summed E-state index contributed by atoms with van der Waals surface area (Å²) >= 11 is 6.05. The smallest absolute Gasteiger partial charge is 0.340 e. The molecule has 0 spiro atoms. The van der Waals surface area contributed by atoms with Crippen molar-refractivity contribution in [2.75, 3.05) is 25.3 Å². The number of halogens is 1.